The molecule has 54 valence electrons. The topological polar surface area (TPSA) is 182 Å². The summed E-state index contributed by atoms with van der Waals surface area (Å²) in [4.78, 5) is 0. The van der Waals surface area contributed by atoms with Gasteiger partial charge in [0.2, 0.25) is 0 Å². The smallest absolute Gasteiger partial charge is 0 e. The molecule has 7 N–H and O–H groups in total. The summed E-state index contributed by atoms with van der Waals surface area (Å²) in [6.45, 7) is 0. The summed E-state index contributed by atoms with van der Waals surface area (Å²) in [5.74, 6) is 0. The van der Waals surface area contributed by atoms with Crippen LogP contribution in [0.25, 0.3) is 0 Å². The molecule has 7 heteroatoms. The summed E-state index contributed by atoms with van der Waals surface area (Å²) in [5.41, 5.74) is 0. The zero-order valence-corrected chi connectivity index (χ0v) is 5.15. The van der Waals surface area contributed by atoms with E-state index in [9.17, 15) is 0 Å². The largest absolute Gasteiger partial charge is 0.870 e. The van der Waals surface area contributed by atoms with Crippen LogP contribution in [0, 0.1) is 0 Å². The van der Waals surface area contributed by atoms with E-state index >= 15 is 0 Å². The van der Waals surface area contributed by atoms with Gasteiger partial charge >= 0.3 is 0 Å². The Bertz CT molecular complexity index is 4.14. The second-order valence-electron chi connectivity index (χ2n) is 0. The van der Waals surface area contributed by atoms with Crippen molar-refractivity contribution in [2.45, 2.75) is 0 Å². The minimum absolute atomic E-state index is 0. The van der Waals surface area contributed by atoms with Crippen LogP contribution < -0.4 is 0 Å². The van der Waals surface area contributed by atoms with Crippen molar-refractivity contribution in [1.82, 2.24) is 0 Å². The van der Waals surface area contributed by atoms with Gasteiger partial charge in [0.25, 0.3) is 0 Å². The molecule has 0 aromatic carbocycles. The van der Waals surface area contributed by atoms with E-state index in [1.54, 1.807) is 0 Å². The van der Waals surface area contributed by atoms with Gasteiger partial charge in [-0.3, -0.25) is 0 Å². The number of hydrogen-bond acceptors (Lipinski definition) is 5. The maximum atomic E-state index is 0. The van der Waals surface area contributed by atoms with Gasteiger partial charge in [0.15, 0.2) is 0 Å². The zero-order valence-electron chi connectivity index (χ0n) is 3.14. The van der Waals surface area contributed by atoms with Crippen LogP contribution in [0.15, 0.2) is 0 Å². The predicted octanol–water partition coefficient (Wildman–Crippen LogP) is -1.71. The Hall–Kier alpha value is 0.448. The maximum absolute atomic E-state index is 0. The van der Waals surface area contributed by atoms with E-state index < -0.39 is 0 Å². The van der Waals surface area contributed by atoms with Crippen molar-refractivity contribution in [3.8, 4) is 0 Å². The van der Waals surface area contributed by atoms with Crippen LogP contribution in [0.5, 0.6) is 0 Å². The molecule has 0 aromatic rings. The van der Waals surface area contributed by atoms with Gasteiger partial charge in [-0.1, -0.05) is 0 Å². The van der Waals surface area contributed by atoms with Gasteiger partial charge in [-0.05, 0) is 0 Å². The van der Waals surface area contributed by atoms with Gasteiger partial charge in [-0.2, -0.15) is 0 Å². The zero-order chi connectivity index (χ0) is 0. The Kier molecular flexibility index (Phi) is 210000. The monoisotopic (exact) mass is 201 g/mol. The SMILES string of the molecule is O.[Mo].[OH-].[OH-].[OH-].[OH-].[OH-]. The average Bonchev–Trinajstić information content (AvgIpc) is 0. The normalized spacial score (nSPS) is 0. The molecule has 0 bridgehead atoms. The van der Waals surface area contributed by atoms with Gasteiger partial charge < -0.3 is 32.9 Å². The van der Waals surface area contributed by atoms with Crippen molar-refractivity contribution in [2.24, 2.45) is 0 Å². The summed E-state index contributed by atoms with van der Waals surface area (Å²) in [6, 6.07) is 0. The van der Waals surface area contributed by atoms with Crippen LogP contribution in [0.3, 0.4) is 0 Å². The Morgan fingerprint density at radius 2 is 0.429 bits per heavy atom. The van der Waals surface area contributed by atoms with Crippen LogP contribution in [0.4, 0.5) is 0 Å². The third-order valence-corrected chi connectivity index (χ3v) is 0. The molecule has 0 saturated carbocycles. The molecule has 0 aromatic heterocycles. The van der Waals surface area contributed by atoms with Crippen molar-refractivity contribution in [2.75, 3.05) is 0 Å². The van der Waals surface area contributed by atoms with Crippen LogP contribution in [-0.2, 0) is 21.1 Å². The summed E-state index contributed by atoms with van der Waals surface area (Å²) >= 11 is 0. The van der Waals surface area contributed by atoms with E-state index in [-0.39, 0.29) is 53.9 Å². The Balaban J connectivity index is 0. The van der Waals surface area contributed by atoms with E-state index in [0.717, 1.165) is 0 Å². The number of rotatable bonds is 0. The molecule has 0 aliphatic rings. The van der Waals surface area contributed by atoms with Crippen molar-refractivity contribution in [1.29, 1.82) is 0 Å². The Morgan fingerprint density at radius 1 is 0.429 bits per heavy atom. The molecular weight excluding hydrogens is 192 g/mol. The van der Waals surface area contributed by atoms with Crippen molar-refractivity contribution in [3.63, 3.8) is 0 Å². The van der Waals surface area contributed by atoms with Crippen molar-refractivity contribution < 1.29 is 53.9 Å². The molecule has 0 radical (unpaired) electrons. The van der Waals surface area contributed by atoms with E-state index in [1.165, 1.54) is 0 Å². The first-order valence-electron chi connectivity index (χ1n) is 0. The van der Waals surface area contributed by atoms with E-state index in [0.29, 0.717) is 0 Å². The van der Waals surface area contributed by atoms with E-state index in [1.807, 2.05) is 0 Å². The number of hydrogen-bond donors (Lipinski definition) is 0. The molecule has 7 heavy (non-hydrogen) atoms. The molecule has 0 unspecified atom stereocenters. The van der Waals surface area contributed by atoms with Crippen LogP contribution in [0.1, 0.15) is 0 Å². The molecule has 6 nitrogen and oxygen atoms in total. The van der Waals surface area contributed by atoms with E-state index in [4.69, 9.17) is 0 Å². The van der Waals surface area contributed by atoms with Gasteiger partial charge in [-0.15, -0.1) is 0 Å². The van der Waals surface area contributed by atoms with Crippen LogP contribution in [-0.4, -0.2) is 32.9 Å². The molecular formula is H7MoO6-5. The summed E-state index contributed by atoms with van der Waals surface area (Å²) in [5, 5.41) is 0. The molecule has 0 aliphatic carbocycles. The van der Waals surface area contributed by atoms with Crippen LogP contribution >= 0.6 is 0 Å². The Morgan fingerprint density at radius 3 is 0.429 bits per heavy atom. The second kappa shape index (κ2) is 952. The standard InChI is InChI=1S/Mo.6H2O/h;6*1H2/p-5. The van der Waals surface area contributed by atoms with Gasteiger partial charge in [0, 0.05) is 21.1 Å². The minimum Gasteiger partial charge on any atom is -0.870 e. The molecule has 0 spiro atoms. The third kappa shape index (κ3) is 635. The molecule has 0 rings (SSSR count). The van der Waals surface area contributed by atoms with Gasteiger partial charge in [0.05, 0.1) is 0 Å². The first-order valence-corrected chi connectivity index (χ1v) is 0. The molecule has 0 aliphatic heterocycles. The van der Waals surface area contributed by atoms with Crippen molar-refractivity contribution in [3.05, 3.63) is 0 Å². The minimum atomic E-state index is 0. The summed E-state index contributed by atoms with van der Waals surface area (Å²) < 4.78 is 0. The second-order valence-corrected chi connectivity index (χ2v) is 0. The molecule has 0 atom stereocenters. The first-order chi connectivity index (χ1) is 0. The van der Waals surface area contributed by atoms with Gasteiger partial charge in [0.1, 0.15) is 0 Å². The summed E-state index contributed by atoms with van der Waals surface area (Å²) in [6.07, 6.45) is 0. The quantitative estimate of drug-likeness (QED) is 0.419. The summed E-state index contributed by atoms with van der Waals surface area (Å²) in [7, 11) is 0. The Labute approximate surface area is 54.6 Å². The van der Waals surface area contributed by atoms with Crippen molar-refractivity contribution >= 4 is 0 Å². The van der Waals surface area contributed by atoms with Gasteiger partial charge in [-0.25, -0.2) is 0 Å². The fourth-order valence-corrected chi connectivity index (χ4v) is 0. The average molecular weight is 199 g/mol. The fraction of sp³-hybridized carbons (Fsp3) is 0. The van der Waals surface area contributed by atoms with E-state index in [2.05, 4.69) is 0 Å². The maximum Gasteiger partial charge on any atom is 0 e. The first kappa shape index (κ1) is 1540. The molecule has 0 amide bonds. The third-order valence-electron chi connectivity index (χ3n) is 0. The molecule has 0 fully saturated rings. The molecule has 0 heterocycles. The predicted molar refractivity (Wildman–Crippen MR) is 13.3 cm³/mol. The molecule has 0 saturated heterocycles. The van der Waals surface area contributed by atoms with Crippen LogP contribution in [0.2, 0.25) is 0 Å². The fourth-order valence-electron chi connectivity index (χ4n) is 0.